The third kappa shape index (κ3) is 4.22. The first-order valence-corrected chi connectivity index (χ1v) is 5.68. The summed E-state index contributed by atoms with van der Waals surface area (Å²) < 4.78 is 23.5. The molecule has 5 heteroatoms. The maximum Gasteiger partial charge on any atom is 0.338 e. The second kappa shape index (κ2) is 5.63. The van der Waals surface area contributed by atoms with Crippen LogP contribution < -0.4 is 0 Å². The van der Waals surface area contributed by atoms with E-state index in [4.69, 9.17) is 9.29 Å². The standard InChI is InChI=1S/C10H12O4S/c1-8-2-4-9(5-3-8)10(11)14-6-7-15(12)13/h2-5H,6-7H2,1H3,(H,12,13). The van der Waals surface area contributed by atoms with Gasteiger partial charge in [0.2, 0.25) is 0 Å². The number of carbonyl (C=O) groups excluding carboxylic acids is 1. The van der Waals surface area contributed by atoms with Crippen molar-refractivity contribution in [2.45, 2.75) is 6.92 Å². The highest BCUT2D eigenvalue weighted by atomic mass is 32.2. The number of aryl methyl sites for hydroxylation is 1. The number of hydrogen-bond acceptors (Lipinski definition) is 3. The molecule has 1 N–H and O–H groups in total. The monoisotopic (exact) mass is 228 g/mol. The Balaban J connectivity index is 2.47. The summed E-state index contributed by atoms with van der Waals surface area (Å²) in [6.45, 7) is 1.87. The van der Waals surface area contributed by atoms with Crippen LogP contribution in [0.4, 0.5) is 0 Å². The Morgan fingerprint density at radius 1 is 1.40 bits per heavy atom. The van der Waals surface area contributed by atoms with Gasteiger partial charge in [-0.1, -0.05) is 17.7 Å². The second-order valence-corrected chi connectivity index (χ2v) is 4.08. The zero-order valence-corrected chi connectivity index (χ0v) is 9.12. The van der Waals surface area contributed by atoms with E-state index in [2.05, 4.69) is 0 Å². The zero-order valence-electron chi connectivity index (χ0n) is 8.30. The maximum atomic E-state index is 11.3. The van der Waals surface area contributed by atoms with Gasteiger partial charge in [0.1, 0.15) is 6.61 Å². The summed E-state index contributed by atoms with van der Waals surface area (Å²) in [6, 6.07) is 6.93. The van der Waals surface area contributed by atoms with Crippen molar-refractivity contribution in [1.29, 1.82) is 0 Å². The molecule has 0 bridgehead atoms. The molecule has 0 heterocycles. The van der Waals surface area contributed by atoms with E-state index in [0.717, 1.165) is 5.56 Å². The molecule has 0 spiro atoms. The van der Waals surface area contributed by atoms with Crippen LogP contribution in [0.3, 0.4) is 0 Å². The van der Waals surface area contributed by atoms with Crippen molar-refractivity contribution >= 4 is 17.0 Å². The summed E-state index contributed by atoms with van der Waals surface area (Å²) in [4.78, 5) is 11.3. The third-order valence-corrected chi connectivity index (χ3v) is 2.29. The van der Waals surface area contributed by atoms with E-state index in [0.29, 0.717) is 5.56 Å². The molecule has 4 nitrogen and oxygen atoms in total. The highest BCUT2D eigenvalue weighted by Gasteiger charge is 2.06. The minimum atomic E-state index is -1.92. The molecule has 0 radical (unpaired) electrons. The molecule has 1 atom stereocenters. The van der Waals surface area contributed by atoms with Gasteiger partial charge < -0.3 is 9.29 Å². The molecule has 1 aromatic rings. The normalized spacial score (nSPS) is 12.1. The summed E-state index contributed by atoms with van der Waals surface area (Å²) in [5.74, 6) is -0.530. The van der Waals surface area contributed by atoms with E-state index < -0.39 is 17.0 Å². The molecule has 0 amide bonds. The molecule has 1 aromatic carbocycles. The topological polar surface area (TPSA) is 63.6 Å². The van der Waals surface area contributed by atoms with Crippen molar-refractivity contribution in [2.24, 2.45) is 0 Å². The van der Waals surface area contributed by atoms with E-state index in [1.807, 2.05) is 6.92 Å². The van der Waals surface area contributed by atoms with E-state index >= 15 is 0 Å². The van der Waals surface area contributed by atoms with Crippen molar-refractivity contribution in [3.05, 3.63) is 35.4 Å². The molecule has 1 unspecified atom stereocenters. The van der Waals surface area contributed by atoms with Crippen molar-refractivity contribution in [3.63, 3.8) is 0 Å². The Bertz CT molecular complexity index is 358. The molecule has 0 aliphatic rings. The first-order chi connectivity index (χ1) is 7.09. The first kappa shape index (κ1) is 11.9. The maximum absolute atomic E-state index is 11.3. The summed E-state index contributed by atoms with van der Waals surface area (Å²) >= 11 is -1.92. The van der Waals surface area contributed by atoms with Gasteiger partial charge in [-0.15, -0.1) is 0 Å². The smallest absolute Gasteiger partial charge is 0.338 e. The molecule has 0 aliphatic carbocycles. The molecule has 0 saturated carbocycles. The van der Waals surface area contributed by atoms with Gasteiger partial charge in [-0.2, -0.15) is 0 Å². The minimum absolute atomic E-state index is 0.0458. The molecule has 1 rings (SSSR count). The number of benzene rings is 1. The predicted molar refractivity (Wildman–Crippen MR) is 57.1 cm³/mol. The lowest BCUT2D eigenvalue weighted by molar-refractivity contribution is 0.0529. The van der Waals surface area contributed by atoms with Crippen molar-refractivity contribution in [1.82, 2.24) is 0 Å². The third-order valence-electron chi connectivity index (χ3n) is 1.78. The molecule has 82 valence electrons. The zero-order chi connectivity index (χ0) is 11.3. The Morgan fingerprint density at radius 2 is 2.00 bits per heavy atom. The Morgan fingerprint density at radius 3 is 2.53 bits per heavy atom. The number of carbonyl (C=O) groups is 1. The first-order valence-electron chi connectivity index (χ1n) is 4.41. The Hall–Kier alpha value is -1.20. The SMILES string of the molecule is Cc1ccc(C(=O)OCCS(=O)O)cc1. The fourth-order valence-corrected chi connectivity index (χ4v) is 1.20. The van der Waals surface area contributed by atoms with Gasteiger partial charge in [-0.05, 0) is 19.1 Å². The lowest BCUT2D eigenvalue weighted by Gasteiger charge is -2.03. The number of esters is 1. The van der Waals surface area contributed by atoms with Gasteiger partial charge in [0.25, 0.3) is 0 Å². The van der Waals surface area contributed by atoms with Crippen LogP contribution >= 0.6 is 0 Å². The lowest BCUT2D eigenvalue weighted by atomic mass is 10.1. The van der Waals surface area contributed by atoms with Gasteiger partial charge >= 0.3 is 5.97 Å². The highest BCUT2D eigenvalue weighted by Crippen LogP contribution is 2.04. The molecule has 15 heavy (non-hydrogen) atoms. The summed E-state index contributed by atoms with van der Waals surface area (Å²) in [6.07, 6.45) is 0. The van der Waals surface area contributed by atoms with Gasteiger partial charge in [0, 0.05) is 0 Å². The average molecular weight is 228 g/mol. The summed E-state index contributed by atoms with van der Waals surface area (Å²) in [5.41, 5.74) is 1.51. The number of ether oxygens (including phenoxy) is 1. The predicted octanol–water partition coefficient (Wildman–Crippen LogP) is 1.37. The van der Waals surface area contributed by atoms with Gasteiger partial charge in [0.05, 0.1) is 11.3 Å². The van der Waals surface area contributed by atoms with Crippen LogP contribution in [0.15, 0.2) is 24.3 Å². The summed E-state index contributed by atoms with van der Waals surface area (Å²) in [5, 5.41) is 0. The molecular formula is C10H12O4S. The van der Waals surface area contributed by atoms with Gasteiger partial charge in [-0.3, -0.25) is 0 Å². The average Bonchev–Trinajstić information content (AvgIpc) is 2.18. The number of rotatable bonds is 4. The van der Waals surface area contributed by atoms with E-state index in [1.165, 1.54) is 0 Å². The van der Waals surface area contributed by atoms with E-state index in [1.54, 1.807) is 24.3 Å². The minimum Gasteiger partial charge on any atom is -0.461 e. The molecule has 0 aromatic heterocycles. The largest absolute Gasteiger partial charge is 0.461 e. The second-order valence-electron chi connectivity index (χ2n) is 3.03. The summed E-state index contributed by atoms with van der Waals surface area (Å²) in [7, 11) is 0. The fourth-order valence-electron chi connectivity index (χ4n) is 0.979. The Labute approximate surface area is 90.5 Å². The fraction of sp³-hybridized carbons (Fsp3) is 0.300. The van der Waals surface area contributed by atoms with E-state index in [9.17, 15) is 9.00 Å². The van der Waals surface area contributed by atoms with Crippen molar-refractivity contribution < 1.29 is 18.3 Å². The van der Waals surface area contributed by atoms with Crippen molar-refractivity contribution in [2.75, 3.05) is 12.4 Å². The molecule has 0 fully saturated rings. The van der Waals surface area contributed by atoms with Crippen LogP contribution in [-0.2, 0) is 15.8 Å². The lowest BCUT2D eigenvalue weighted by Crippen LogP contribution is -2.11. The van der Waals surface area contributed by atoms with Gasteiger partial charge in [0.15, 0.2) is 11.1 Å². The highest BCUT2D eigenvalue weighted by molar-refractivity contribution is 7.79. The number of hydrogen-bond donors (Lipinski definition) is 1. The van der Waals surface area contributed by atoms with Crippen LogP contribution in [0, 0.1) is 6.92 Å². The van der Waals surface area contributed by atoms with Crippen LogP contribution in [0.1, 0.15) is 15.9 Å². The van der Waals surface area contributed by atoms with Crippen molar-refractivity contribution in [3.8, 4) is 0 Å². The van der Waals surface area contributed by atoms with Crippen LogP contribution in [-0.4, -0.2) is 27.1 Å². The molecular weight excluding hydrogens is 216 g/mol. The van der Waals surface area contributed by atoms with Gasteiger partial charge in [-0.25, -0.2) is 9.00 Å². The molecule has 0 aliphatic heterocycles. The van der Waals surface area contributed by atoms with E-state index in [-0.39, 0.29) is 12.4 Å². The Kier molecular flexibility index (Phi) is 4.45. The van der Waals surface area contributed by atoms with Crippen LogP contribution in [0.5, 0.6) is 0 Å². The molecule has 0 saturated heterocycles. The van der Waals surface area contributed by atoms with Crippen LogP contribution in [0.2, 0.25) is 0 Å². The quantitative estimate of drug-likeness (QED) is 0.624. The van der Waals surface area contributed by atoms with Crippen LogP contribution in [0.25, 0.3) is 0 Å².